The van der Waals surface area contributed by atoms with E-state index in [2.05, 4.69) is 11.6 Å². The summed E-state index contributed by atoms with van der Waals surface area (Å²) >= 11 is 0. The van der Waals surface area contributed by atoms with Gasteiger partial charge in [0.1, 0.15) is 12.4 Å². The maximum Gasteiger partial charge on any atom is 0.208 e. The van der Waals surface area contributed by atoms with Gasteiger partial charge in [-0.15, -0.1) is 0 Å². The summed E-state index contributed by atoms with van der Waals surface area (Å²) in [7, 11) is 0. The summed E-state index contributed by atoms with van der Waals surface area (Å²) in [5.41, 5.74) is 7.39. The molecule has 1 aromatic carbocycles. The van der Waals surface area contributed by atoms with Crippen molar-refractivity contribution in [1.82, 2.24) is 4.98 Å². The number of ether oxygens (including phenoxy) is 1. The van der Waals surface area contributed by atoms with E-state index in [1.807, 2.05) is 31.2 Å². The lowest BCUT2D eigenvalue weighted by Gasteiger charge is -2.05. The van der Waals surface area contributed by atoms with Crippen molar-refractivity contribution in [2.24, 2.45) is 5.73 Å². The minimum atomic E-state index is 0.305. The summed E-state index contributed by atoms with van der Waals surface area (Å²) in [6.07, 6.45) is 1.67. The highest BCUT2D eigenvalue weighted by atomic mass is 16.5. The molecule has 0 saturated heterocycles. The Morgan fingerprint density at radius 2 is 2.11 bits per heavy atom. The number of rotatable bonds is 5. The first-order valence-electron chi connectivity index (χ1n) is 5.71. The third-order valence-corrected chi connectivity index (χ3v) is 2.35. The topological polar surface area (TPSA) is 61.3 Å². The van der Waals surface area contributed by atoms with Crippen molar-refractivity contribution in [3.63, 3.8) is 0 Å². The molecule has 1 aromatic heterocycles. The summed E-state index contributed by atoms with van der Waals surface area (Å²) in [6.45, 7) is 6.55. The average Bonchev–Trinajstić information content (AvgIpc) is 2.85. The fraction of sp³-hybridized carbons (Fsp3) is 0.214. The van der Waals surface area contributed by atoms with E-state index in [4.69, 9.17) is 14.9 Å². The smallest absolute Gasteiger partial charge is 0.208 e. The van der Waals surface area contributed by atoms with E-state index in [0.717, 1.165) is 16.9 Å². The van der Waals surface area contributed by atoms with Crippen LogP contribution in [0.5, 0.6) is 5.75 Å². The van der Waals surface area contributed by atoms with Gasteiger partial charge in [-0.2, -0.15) is 0 Å². The van der Waals surface area contributed by atoms with Crippen LogP contribution in [0, 0.1) is 0 Å². The lowest BCUT2D eigenvalue weighted by molar-refractivity contribution is 0.353. The van der Waals surface area contributed by atoms with Gasteiger partial charge in [0.15, 0.2) is 5.76 Å². The summed E-state index contributed by atoms with van der Waals surface area (Å²) in [6, 6.07) is 7.63. The van der Waals surface area contributed by atoms with Crippen LogP contribution in [0.15, 0.2) is 47.0 Å². The van der Waals surface area contributed by atoms with Gasteiger partial charge in [0.2, 0.25) is 5.89 Å². The van der Waals surface area contributed by atoms with Gasteiger partial charge < -0.3 is 14.9 Å². The molecule has 0 spiro atoms. The molecule has 18 heavy (non-hydrogen) atoms. The fourth-order valence-electron chi connectivity index (χ4n) is 1.46. The van der Waals surface area contributed by atoms with E-state index in [1.165, 1.54) is 0 Å². The van der Waals surface area contributed by atoms with Gasteiger partial charge in [0.05, 0.1) is 12.7 Å². The number of benzene rings is 1. The molecule has 94 valence electrons. The highest BCUT2D eigenvalue weighted by Crippen LogP contribution is 2.23. The van der Waals surface area contributed by atoms with Crippen molar-refractivity contribution in [3.05, 3.63) is 48.5 Å². The molecule has 1 heterocycles. The molecule has 4 nitrogen and oxygen atoms in total. The second kappa shape index (κ2) is 5.51. The zero-order valence-electron chi connectivity index (χ0n) is 10.3. The first-order chi connectivity index (χ1) is 8.69. The van der Waals surface area contributed by atoms with Gasteiger partial charge in [-0.3, -0.25) is 0 Å². The zero-order chi connectivity index (χ0) is 13.0. The van der Waals surface area contributed by atoms with Crippen LogP contribution in [-0.2, 0) is 6.54 Å². The molecule has 0 saturated carbocycles. The van der Waals surface area contributed by atoms with E-state index >= 15 is 0 Å². The average molecular weight is 244 g/mol. The molecule has 0 amide bonds. The molecular weight excluding hydrogens is 228 g/mol. The van der Waals surface area contributed by atoms with Crippen molar-refractivity contribution in [3.8, 4) is 17.1 Å². The molecule has 0 bridgehead atoms. The second-order valence-electron chi connectivity index (χ2n) is 4.09. The van der Waals surface area contributed by atoms with Crippen LogP contribution in [0.2, 0.25) is 0 Å². The number of aromatic nitrogens is 1. The molecule has 0 unspecified atom stereocenters. The van der Waals surface area contributed by atoms with Crippen molar-refractivity contribution in [2.75, 3.05) is 6.61 Å². The van der Waals surface area contributed by atoms with Gasteiger partial charge in [-0.05, 0) is 36.8 Å². The van der Waals surface area contributed by atoms with Gasteiger partial charge in [-0.25, -0.2) is 4.98 Å². The van der Waals surface area contributed by atoms with Crippen molar-refractivity contribution >= 4 is 0 Å². The highest BCUT2D eigenvalue weighted by molar-refractivity contribution is 5.57. The van der Waals surface area contributed by atoms with Crippen LogP contribution in [-0.4, -0.2) is 11.6 Å². The molecule has 0 aliphatic rings. The van der Waals surface area contributed by atoms with Gasteiger partial charge in [0, 0.05) is 5.56 Å². The summed E-state index contributed by atoms with van der Waals surface area (Å²) in [5.74, 6) is 2.05. The molecular formula is C14H16N2O2. The van der Waals surface area contributed by atoms with Crippen LogP contribution in [0.3, 0.4) is 0 Å². The monoisotopic (exact) mass is 244 g/mol. The maximum atomic E-state index is 5.52. The standard InChI is InChI=1S/C14H16N2O2/c1-10(2)9-17-12-5-3-11(4-6-12)13-8-16-14(7-15)18-13/h3-6,8H,1,7,9,15H2,2H3. The first kappa shape index (κ1) is 12.4. The lowest BCUT2D eigenvalue weighted by atomic mass is 10.2. The Hall–Kier alpha value is -2.07. The Bertz CT molecular complexity index is 529. The molecule has 0 atom stereocenters. The normalized spacial score (nSPS) is 10.3. The zero-order valence-corrected chi connectivity index (χ0v) is 10.3. The Balaban J connectivity index is 2.09. The van der Waals surface area contributed by atoms with Gasteiger partial charge in [-0.1, -0.05) is 6.58 Å². The molecule has 4 heteroatoms. The van der Waals surface area contributed by atoms with Crippen molar-refractivity contribution < 1.29 is 9.15 Å². The summed E-state index contributed by atoms with van der Waals surface area (Å²) in [5, 5.41) is 0. The summed E-state index contributed by atoms with van der Waals surface area (Å²) in [4.78, 5) is 4.06. The molecule has 0 aliphatic carbocycles. The third kappa shape index (κ3) is 2.99. The van der Waals surface area contributed by atoms with E-state index < -0.39 is 0 Å². The van der Waals surface area contributed by atoms with Crippen molar-refractivity contribution in [2.45, 2.75) is 13.5 Å². The SMILES string of the molecule is C=C(C)COc1ccc(-c2cnc(CN)o2)cc1. The number of hydrogen-bond donors (Lipinski definition) is 1. The van der Waals surface area contributed by atoms with Crippen LogP contribution in [0.25, 0.3) is 11.3 Å². The molecule has 2 N–H and O–H groups in total. The predicted octanol–water partition coefficient (Wildman–Crippen LogP) is 2.76. The van der Waals surface area contributed by atoms with E-state index in [1.54, 1.807) is 6.20 Å². The molecule has 0 aliphatic heterocycles. The minimum absolute atomic E-state index is 0.305. The highest BCUT2D eigenvalue weighted by Gasteiger charge is 2.05. The quantitative estimate of drug-likeness (QED) is 0.821. The fourth-order valence-corrected chi connectivity index (χ4v) is 1.46. The lowest BCUT2D eigenvalue weighted by Crippen LogP contribution is -1.97. The number of nitrogens with two attached hydrogens (primary N) is 1. The number of oxazole rings is 1. The Labute approximate surface area is 106 Å². The predicted molar refractivity (Wildman–Crippen MR) is 70.1 cm³/mol. The maximum absolute atomic E-state index is 5.52. The first-order valence-corrected chi connectivity index (χ1v) is 5.71. The van der Waals surface area contributed by atoms with Crippen LogP contribution in [0.1, 0.15) is 12.8 Å². The summed E-state index contributed by atoms with van der Waals surface area (Å²) < 4.78 is 11.0. The van der Waals surface area contributed by atoms with Crippen LogP contribution >= 0.6 is 0 Å². The Kier molecular flexibility index (Phi) is 3.79. The largest absolute Gasteiger partial charge is 0.489 e. The van der Waals surface area contributed by atoms with Crippen molar-refractivity contribution in [1.29, 1.82) is 0 Å². The van der Waals surface area contributed by atoms with E-state index in [0.29, 0.717) is 24.8 Å². The molecule has 2 aromatic rings. The number of hydrogen-bond acceptors (Lipinski definition) is 4. The van der Waals surface area contributed by atoms with Gasteiger partial charge in [0.25, 0.3) is 0 Å². The molecule has 0 radical (unpaired) electrons. The third-order valence-electron chi connectivity index (χ3n) is 2.35. The Morgan fingerprint density at radius 3 is 2.67 bits per heavy atom. The van der Waals surface area contributed by atoms with E-state index in [9.17, 15) is 0 Å². The van der Waals surface area contributed by atoms with Crippen LogP contribution in [0.4, 0.5) is 0 Å². The van der Waals surface area contributed by atoms with Crippen LogP contribution < -0.4 is 10.5 Å². The molecule has 0 fully saturated rings. The van der Waals surface area contributed by atoms with Gasteiger partial charge >= 0.3 is 0 Å². The minimum Gasteiger partial charge on any atom is -0.489 e. The number of nitrogens with zero attached hydrogens (tertiary/aromatic N) is 1. The van der Waals surface area contributed by atoms with E-state index in [-0.39, 0.29) is 0 Å². The molecule has 2 rings (SSSR count). The Morgan fingerprint density at radius 1 is 1.39 bits per heavy atom. The second-order valence-corrected chi connectivity index (χ2v) is 4.09.